The Kier molecular flexibility index (Phi) is 5.16. The maximum atomic E-state index is 12.4. The zero-order valence-electron chi connectivity index (χ0n) is 13.8. The molecule has 0 fully saturated rings. The smallest absolute Gasteiger partial charge is 0.240 e. The number of rotatable bonds is 7. The lowest BCUT2D eigenvalue weighted by Gasteiger charge is -2.09. The molecule has 3 aromatic rings. The fraction of sp³-hybridized carbons (Fsp3) is 0.167. The number of benzene rings is 2. The Morgan fingerprint density at radius 1 is 1.08 bits per heavy atom. The minimum Gasteiger partial charge on any atom is -0.494 e. The van der Waals surface area contributed by atoms with Gasteiger partial charge in [0.2, 0.25) is 10.0 Å². The molecule has 0 saturated carbocycles. The van der Waals surface area contributed by atoms with Gasteiger partial charge in [0, 0.05) is 18.9 Å². The second-order valence-corrected chi connectivity index (χ2v) is 7.11. The minimum atomic E-state index is -3.57. The summed E-state index contributed by atoms with van der Waals surface area (Å²) in [6, 6.07) is 15.8. The lowest BCUT2D eigenvalue weighted by atomic mass is 10.2. The summed E-state index contributed by atoms with van der Waals surface area (Å²) in [6.07, 6.45) is 3.56. The first kappa shape index (κ1) is 17.2. The van der Waals surface area contributed by atoms with E-state index in [1.807, 2.05) is 43.5 Å². The zero-order valence-corrected chi connectivity index (χ0v) is 14.6. The largest absolute Gasteiger partial charge is 0.494 e. The quantitative estimate of drug-likeness (QED) is 0.706. The van der Waals surface area contributed by atoms with Crippen LogP contribution in [0.25, 0.3) is 5.69 Å². The molecule has 1 heterocycles. The Labute approximate surface area is 147 Å². The zero-order chi connectivity index (χ0) is 17.7. The third kappa shape index (κ3) is 4.26. The highest BCUT2D eigenvalue weighted by Crippen LogP contribution is 2.16. The molecule has 1 N–H and O–H groups in total. The minimum absolute atomic E-state index is 0.212. The molecule has 0 aliphatic carbocycles. The lowest BCUT2D eigenvalue weighted by molar-refractivity contribution is 0.340. The number of nitrogens with zero attached hydrogens (tertiary/aromatic N) is 2. The van der Waals surface area contributed by atoms with Crippen LogP contribution in [-0.2, 0) is 16.6 Å². The second-order valence-electron chi connectivity index (χ2n) is 5.35. The van der Waals surface area contributed by atoms with Crippen LogP contribution >= 0.6 is 0 Å². The van der Waals surface area contributed by atoms with Gasteiger partial charge in [0.05, 0.1) is 17.2 Å². The van der Waals surface area contributed by atoms with E-state index in [1.54, 1.807) is 23.0 Å². The van der Waals surface area contributed by atoms with Crippen LogP contribution < -0.4 is 9.46 Å². The van der Waals surface area contributed by atoms with Gasteiger partial charge in [0.25, 0.3) is 0 Å². The molecule has 0 spiro atoms. The molecule has 7 heteroatoms. The van der Waals surface area contributed by atoms with E-state index in [9.17, 15) is 8.42 Å². The standard InChI is InChI=1S/C18H19N3O3S/c1-2-24-17-8-10-18(11-9-17)25(22,23)20-14-15-4-6-16(7-5-15)21-13-3-12-19-21/h3-13,20H,2,14H2,1H3. The van der Waals surface area contributed by atoms with Gasteiger partial charge in [-0.2, -0.15) is 5.10 Å². The van der Waals surface area contributed by atoms with E-state index in [-0.39, 0.29) is 11.4 Å². The van der Waals surface area contributed by atoms with Gasteiger partial charge in [0.1, 0.15) is 5.75 Å². The van der Waals surface area contributed by atoms with E-state index in [2.05, 4.69) is 9.82 Å². The fourth-order valence-electron chi connectivity index (χ4n) is 2.33. The van der Waals surface area contributed by atoms with Crippen LogP contribution in [-0.4, -0.2) is 24.8 Å². The topological polar surface area (TPSA) is 73.2 Å². The maximum absolute atomic E-state index is 12.4. The van der Waals surface area contributed by atoms with Gasteiger partial charge in [0.15, 0.2) is 0 Å². The molecule has 0 unspecified atom stereocenters. The summed E-state index contributed by atoms with van der Waals surface area (Å²) in [4.78, 5) is 0.212. The highest BCUT2D eigenvalue weighted by Gasteiger charge is 2.13. The first-order chi connectivity index (χ1) is 12.1. The van der Waals surface area contributed by atoms with Gasteiger partial charge in [-0.25, -0.2) is 17.8 Å². The molecule has 0 radical (unpaired) electrons. The third-order valence-corrected chi connectivity index (χ3v) is 5.03. The molecule has 0 aliphatic rings. The van der Waals surface area contributed by atoms with Crippen molar-refractivity contribution in [3.05, 3.63) is 72.6 Å². The van der Waals surface area contributed by atoms with Crippen molar-refractivity contribution in [1.82, 2.24) is 14.5 Å². The predicted octanol–water partition coefficient (Wildman–Crippen LogP) is 2.75. The Bertz CT molecular complexity index is 903. The van der Waals surface area contributed by atoms with E-state index in [4.69, 9.17) is 4.74 Å². The molecule has 1 aromatic heterocycles. The molecule has 0 bridgehead atoms. The second kappa shape index (κ2) is 7.50. The van der Waals surface area contributed by atoms with Crippen LogP contribution in [0.4, 0.5) is 0 Å². The first-order valence-corrected chi connectivity index (χ1v) is 9.38. The summed E-state index contributed by atoms with van der Waals surface area (Å²) in [5.41, 5.74) is 1.79. The molecule has 0 saturated heterocycles. The van der Waals surface area contributed by atoms with Gasteiger partial charge in [-0.15, -0.1) is 0 Å². The van der Waals surface area contributed by atoms with Gasteiger partial charge in [-0.1, -0.05) is 12.1 Å². The lowest BCUT2D eigenvalue weighted by Crippen LogP contribution is -2.23. The third-order valence-electron chi connectivity index (χ3n) is 3.62. The number of nitrogens with one attached hydrogen (secondary N) is 1. The molecule has 0 amide bonds. The molecule has 130 valence electrons. The van der Waals surface area contributed by atoms with Gasteiger partial charge in [-0.05, 0) is 55.0 Å². The normalized spacial score (nSPS) is 11.4. The number of hydrogen-bond acceptors (Lipinski definition) is 4. The fourth-order valence-corrected chi connectivity index (χ4v) is 3.35. The number of hydrogen-bond donors (Lipinski definition) is 1. The number of ether oxygens (including phenoxy) is 1. The van der Waals surface area contributed by atoms with Crippen molar-refractivity contribution in [2.45, 2.75) is 18.4 Å². The highest BCUT2D eigenvalue weighted by atomic mass is 32.2. The van der Waals surface area contributed by atoms with Gasteiger partial charge < -0.3 is 4.74 Å². The average molecular weight is 357 g/mol. The Hall–Kier alpha value is -2.64. The molecular weight excluding hydrogens is 338 g/mol. The molecule has 2 aromatic carbocycles. The average Bonchev–Trinajstić information content (AvgIpc) is 3.16. The Morgan fingerprint density at radius 2 is 1.80 bits per heavy atom. The summed E-state index contributed by atoms with van der Waals surface area (Å²) in [7, 11) is -3.57. The van der Waals surface area contributed by atoms with Crippen molar-refractivity contribution in [1.29, 1.82) is 0 Å². The number of aromatic nitrogens is 2. The molecule has 0 atom stereocenters. The van der Waals surface area contributed by atoms with Gasteiger partial charge >= 0.3 is 0 Å². The van der Waals surface area contributed by atoms with Gasteiger partial charge in [-0.3, -0.25) is 0 Å². The SMILES string of the molecule is CCOc1ccc(S(=O)(=O)NCc2ccc(-n3cccn3)cc2)cc1. The monoisotopic (exact) mass is 357 g/mol. The van der Waals surface area contributed by atoms with Crippen molar-refractivity contribution < 1.29 is 13.2 Å². The van der Waals surface area contributed by atoms with E-state index in [0.717, 1.165) is 11.3 Å². The maximum Gasteiger partial charge on any atom is 0.240 e. The highest BCUT2D eigenvalue weighted by molar-refractivity contribution is 7.89. The summed E-state index contributed by atoms with van der Waals surface area (Å²) in [6.45, 7) is 2.64. The Morgan fingerprint density at radius 3 is 2.40 bits per heavy atom. The van der Waals surface area contributed by atoms with Crippen LogP contribution in [0, 0.1) is 0 Å². The van der Waals surface area contributed by atoms with E-state index in [0.29, 0.717) is 12.4 Å². The predicted molar refractivity (Wildman–Crippen MR) is 95.2 cm³/mol. The summed E-state index contributed by atoms with van der Waals surface area (Å²) in [5.74, 6) is 0.649. The van der Waals surface area contributed by atoms with Crippen molar-refractivity contribution in [2.75, 3.05) is 6.61 Å². The molecular formula is C18H19N3O3S. The van der Waals surface area contributed by atoms with Crippen LogP contribution in [0.2, 0.25) is 0 Å². The van der Waals surface area contributed by atoms with Crippen LogP contribution in [0.3, 0.4) is 0 Å². The molecule has 0 aliphatic heterocycles. The van der Waals surface area contributed by atoms with Crippen LogP contribution in [0.15, 0.2) is 71.9 Å². The molecule has 6 nitrogen and oxygen atoms in total. The summed E-state index contributed by atoms with van der Waals surface area (Å²) < 4.78 is 34.4. The van der Waals surface area contributed by atoms with Crippen LogP contribution in [0.5, 0.6) is 5.75 Å². The van der Waals surface area contributed by atoms with Crippen LogP contribution in [0.1, 0.15) is 12.5 Å². The van der Waals surface area contributed by atoms with E-state index >= 15 is 0 Å². The van der Waals surface area contributed by atoms with E-state index < -0.39 is 10.0 Å². The number of sulfonamides is 1. The molecule has 25 heavy (non-hydrogen) atoms. The van der Waals surface area contributed by atoms with Crippen molar-refractivity contribution in [3.63, 3.8) is 0 Å². The van der Waals surface area contributed by atoms with Crippen molar-refractivity contribution >= 4 is 10.0 Å². The first-order valence-electron chi connectivity index (χ1n) is 7.90. The Balaban J connectivity index is 1.65. The van der Waals surface area contributed by atoms with Crippen molar-refractivity contribution in [3.8, 4) is 11.4 Å². The summed E-state index contributed by atoms with van der Waals surface area (Å²) in [5, 5.41) is 4.16. The summed E-state index contributed by atoms with van der Waals surface area (Å²) >= 11 is 0. The van der Waals surface area contributed by atoms with Crippen molar-refractivity contribution in [2.24, 2.45) is 0 Å². The van der Waals surface area contributed by atoms with E-state index in [1.165, 1.54) is 12.1 Å². The molecule has 3 rings (SSSR count).